The van der Waals surface area contributed by atoms with Crippen molar-refractivity contribution in [2.45, 2.75) is 25.6 Å². The van der Waals surface area contributed by atoms with E-state index in [4.69, 9.17) is 0 Å². The molecule has 1 aromatic carbocycles. The molecule has 6 nitrogen and oxygen atoms in total. The van der Waals surface area contributed by atoms with Gasteiger partial charge in [0.15, 0.2) is 0 Å². The number of thiophene rings is 1. The molecule has 1 aromatic heterocycles. The molecule has 0 saturated heterocycles. The summed E-state index contributed by atoms with van der Waals surface area (Å²) in [4.78, 5) is 12.2. The Bertz CT molecular complexity index is 751. The molecule has 8 heteroatoms. The summed E-state index contributed by atoms with van der Waals surface area (Å²) < 4.78 is 26.6. The van der Waals surface area contributed by atoms with Crippen molar-refractivity contribution in [1.29, 1.82) is 0 Å². The molecule has 0 spiro atoms. The number of nitrogens with one attached hydrogen (secondary N) is 1. The van der Waals surface area contributed by atoms with Crippen molar-refractivity contribution in [3.05, 3.63) is 61.8 Å². The number of non-ortho nitro benzene ring substituents is 1. The van der Waals surface area contributed by atoms with Crippen LogP contribution in [0.25, 0.3) is 0 Å². The first-order valence-corrected chi connectivity index (χ1v) is 9.15. The Kier molecular flexibility index (Phi) is 5.28. The third-order valence-electron chi connectivity index (χ3n) is 3.04. The van der Waals surface area contributed by atoms with Gasteiger partial charge in [-0.3, -0.25) is 10.1 Å². The van der Waals surface area contributed by atoms with E-state index in [1.165, 1.54) is 29.1 Å². The van der Waals surface area contributed by atoms with E-state index in [0.29, 0.717) is 5.56 Å². The lowest BCUT2D eigenvalue weighted by Crippen LogP contribution is -2.24. The SMILES string of the molecule is CCc1ccc(CNS(=O)(=O)Cc2ccc([N+](=O)[O-])cc2)s1. The van der Waals surface area contributed by atoms with E-state index < -0.39 is 14.9 Å². The molecule has 22 heavy (non-hydrogen) atoms. The fourth-order valence-electron chi connectivity index (χ4n) is 1.87. The molecule has 2 rings (SSSR count). The van der Waals surface area contributed by atoms with Gasteiger partial charge in [-0.05, 0) is 24.1 Å². The number of aryl methyl sites for hydroxylation is 1. The molecule has 2 aromatic rings. The van der Waals surface area contributed by atoms with Crippen molar-refractivity contribution in [1.82, 2.24) is 4.72 Å². The molecule has 0 saturated carbocycles. The van der Waals surface area contributed by atoms with Crippen LogP contribution in [-0.4, -0.2) is 13.3 Å². The molecule has 0 unspecified atom stereocenters. The molecule has 0 atom stereocenters. The van der Waals surface area contributed by atoms with Gasteiger partial charge < -0.3 is 0 Å². The van der Waals surface area contributed by atoms with Crippen LogP contribution in [-0.2, 0) is 28.7 Å². The molecule has 0 aliphatic carbocycles. The van der Waals surface area contributed by atoms with Crippen LogP contribution in [0.2, 0.25) is 0 Å². The number of hydrogen-bond acceptors (Lipinski definition) is 5. The van der Waals surface area contributed by atoms with Gasteiger partial charge in [0.2, 0.25) is 10.0 Å². The van der Waals surface area contributed by atoms with Crippen LogP contribution in [0, 0.1) is 10.1 Å². The maximum atomic E-state index is 12.0. The van der Waals surface area contributed by atoms with Crippen LogP contribution >= 0.6 is 11.3 Å². The zero-order valence-electron chi connectivity index (χ0n) is 12.0. The molecule has 1 N–H and O–H groups in total. The van der Waals surface area contributed by atoms with Gasteiger partial charge in [-0.25, -0.2) is 13.1 Å². The molecule has 0 aliphatic heterocycles. The van der Waals surface area contributed by atoms with Crippen LogP contribution in [0.4, 0.5) is 5.69 Å². The standard InChI is InChI=1S/C14H16N2O4S2/c1-2-13-7-8-14(21-13)9-15-22(19,20)10-11-3-5-12(6-4-11)16(17)18/h3-8,15H,2,9-10H2,1H3. The highest BCUT2D eigenvalue weighted by Crippen LogP contribution is 2.17. The normalized spacial score (nSPS) is 11.5. The van der Waals surface area contributed by atoms with Crippen molar-refractivity contribution >= 4 is 27.0 Å². The van der Waals surface area contributed by atoms with Crippen molar-refractivity contribution < 1.29 is 13.3 Å². The maximum absolute atomic E-state index is 12.0. The first-order chi connectivity index (χ1) is 10.4. The number of nitrogens with zero attached hydrogens (tertiary/aromatic N) is 1. The largest absolute Gasteiger partial charge is 0.269 e. The summed E-state index contributed by atoms with van der Waals surface area (Å²) >= 11 is 1.58. The Balaban J connectivity index is 1.96. The van der Waals surface area contributed by atoms with Gasteiger partial charge in [-0.15, -0.1) is 11.3 Å². The van der Waals surface area contributed by atoms with E-state index in [2.05, 4.69) is 4.72 Å². The minimum atomic E-state index is -3.48. The van der Waals surface area contributed by atoms with E-state index >= 15 is 0 Å². The van der Waals surface area contributed by atoms with Crippen molar-refractivity contribution in [2.75, 3.05) is 0 Å². The average Bonchev–Trinajstić information content (AvgIpc) is 2.93. The number of nitro benzene ring substituents is 1. The molecule has 118 valence electrons. The molecule has 0 bridgehead atoms. The average molecular weight is 340 g/mol. The van der Waals surface area contributed by atoms with Crippen LogP contribution < -0.4 is 4.72 Å². The van der Waals surface area contributed by atoms with Crippen molar-refractivity contribution in [3.63, 3.8) is 0 Å². The van der Waals surface area contributed by atoms with Crippen LogP contribution in [0.5, 0.6) is 0 Å². The predicted molar refractivity (Wildman–Crippen MR) is 86.3 cm³/mol. The summed E-state index contributed by atoms with van der Waals surface area (Å²) in [7, 11) is -3.48. The van der Waals surface area contributed by atoms with Gasteiger partial charge >= 0.3 is 0 Å². The Morgan fingerprint density at radius 1 is 1.14 bits per heavy atom. The Morgan fingerprint density at radius 3 is 2.32 bits per heavy atom. The smallest absolute Gasteiger partial charge is 0.258 e. The van der Waals surface area contributed by atoms with E-state index in [-0.39, 0.29) is 18.0 Å². The zero-order chi connectivity index (χ0) is 16.2. The second kappa shape index (κ2) is 6.99. The predicted octanol–water partition coefficient (Wildman–Crippen LogP) is 2.84. The zero-order valence-corrected chi connectivity index (χ0v) is 13.6. The monoisotopic (exact) mass is 340 g/mol. The highest BCUT2D eigenvalue weighted by Gasteiger charge is 2.13. The Hall–Kier alpha value is -1.77. The van der Waals surface area contributed by atoms with Gasteiger partial charge in [0.1, 0.15) is 0 Å². The van der Waals surface area contributed by atoms with Gasteiger partial charge in [0.25, 0.3) is 5.69 Å². The Morgan fingerprint density at radius 2 is 1.77 bits per heavy atom. The fraction of sp³-hybridized carbons (Fsp3) is 0.286. The molecule has 1 heterocycles. The van der Waals surface area contributed by atoms with E-state index in [0.717, 1.165) is 11.3 Å². The lowest BCUT2D eigenvalue weighted by Gasteiger charge is -2.05. The summed E-state index contributed by atoms with van der Waals surface area (Å²) in [5, 5.41) is 10.6. The molecular formula is C14H16N2O4S2. The summed E-state index contributed by atoms with van der Waals surface area (Å²) in [5.41, 5.74) is 0.457. The highest BCUT2D eigenvalue weighted by atomic mass is 32.2. The second-order valence-electron chi connectivity index (χ2n) is 4.73. The fourth-order valence-corrected chi connectivity index (χ4v) is 3.97. The lowest BCUT2D eigenvalue weighted by atomic mass is 10.2. The highest BCUT2D eigenvalue weighted by molar-refractivity contribution is 7.88. The van der Waals surface area contributed by atoms with Crippen molar-refractivity contribution in [3.8, 4) is 0 Å². The number of nitro groups is 1. The Labute approximate surface area is 133 Å². The van der Waals surface area contributed by atoms with Crippen LogP contribution in [0.1, 0.15) is 22.2 Å². The minimum absolute atomic E-state index is 0.0558. The van der Waals surface area contributed by atoms with E-state index in [9.17, 15) is 18.5 Å². The molecule has 0 aliphatic rings. The maximum Gasteiger partial charge on any atom is 0.269 e. The lowest BCUT2D eigenvalue weighted by molar-refractivity contribution is -0.384. The number of sulfonamides is 1. The van der Waals surface area contributed by atoms with E-state index in [1.54, 1.807) is 11.3 Å². The van der Waals surface area contributed by atoms with Gasteiger partial charge in [-0.1, -0.05) is 19.1 Å². The van der Waals surface area contributed by atoms with Gasteiger partial charge in [0, 0.05) is 28.4 Å². The first-order valence-electron chi connectivity index (χ1n) is 6.68. The third-order valence-corrected chi connectivity index (χ3v) is 5.56. The van der Waals surface area contributed by atoms with Crippen molar-refractivity contribution in [2.24, 2.45) is 0 Å². The summed E-state index contributed by atoms with van der Waals surface area (Å²) in [6, 6.07) is 9.42. The summed E-state index contributed by atoms with van der Waals surface area (Å²) in [6.45, 7) is 2.31. The summed E-state index contributed by atoms with van der Waals surface area (Å²) in [5.74, 6) is -0.197. The third kappa shape index (κ3) is 4.62. The quantitative estimate of drug-likeness (QED) is 0.620. The molecule has 0 fully saturated rings. The van der Waals surface area contributed by atoms with Crippen LogP contribution in [0.15, 0.2) is 36.4 Å². The topological polar surface area (TPSA) is 89.3 Å². The second-order valence-corrected chi connectivity index (χ2v) is 7.79. The van der Waals surface area contributed by atoms with E-state index in [1.807, 2.05) is 19.1 Å². The summed E-state index contributed by atoms with van der Waals surface area (Å²) in [6.07, 6.45) is 0.931. The van der Waals surface area contributed by atoms with Crippen LogP contribution in [0.3, 0.4) is 0 Å². The first kappa shape index (κ1) is 16.6. The number of hydrogen-bond donors (Lipinski definition) is 1. The molecule has 0 radical (unpaired) electrons. The number of rotatable bonds is 7. The molecular weight excluding hydrogens is 324 g/mol. The number of benzene rings is 1. The van der Waals surface area contributed by atoms with Gasteiger partial charge in [0.05, 0.1) is 10.7 Å². The minimum Gasteiger partial charge on any atom is -0.258 e. The molecule has 0 amide bonds. The van der Waals surface area contributed by atoms with Gasteiger partial charge in [-0.2, -0.15) is 0 Å².